The maximum atomic E-state index is 11.7. The molecule has 1 aromatic carbocycles. The van der Waals surface area contributed by atoms with Crippen LogP contribution in [0.25, 0.3) is 20.8 Å². The van der Waals surface area contributed by atoms with Crippen LogP contribution in [-0.2, 0) is 0 Å². The molecule has 0 aromatic heterocycles. The van der Waals surface area contributed by atoms with Gasteiger partial charge in [0, 0.05) is 13.1 Å². The highest BCUT2D eigenvalue weighted by atomic mass is 32.1. The van der Waals surface area contributed by atoms with Gasteiger partial charge in [0.05, 0.1) is 26.5 Å². The zero-order valence-electron chi connectivity index (χ0n) is 9.23. The number of hydrogen-bond acceptors (Lipinski definition) is 4. The second-order valence-corrected chi connectivity index (χ2v) is 4.83. The first-order valence-corrected chi connectivity index (χ1v) is 6.11. The summed E-state index contributed by atoms with van der Waals surface area (Å²) < 4.78 is 1.09. The molecular formula is C13H10N2OS. The van der Waals surface area contributed by atoms with E-state index in [2.05, 4.69) is 10.3 Å². The van der Waals surface area contributed by atoms with Crippen LogP contribution in [0.3, 0.4) is 0 Å². The van der Waals surface area contributed by atoms with Gasteiger partial charge < -0.3 is 5.32 Å². The van der Waals surface area contributed by atoms with Gasteiger partial charge in [-0.2, -0.15) is 0 Å². The number of aromatic nitrogens is 1. The molecule has 2 aliphatic rings. The van der Waals surface area contributed by atoms with Crippen molar-refractivity contribution < 1.29 is 0 Å². The van der Waals surface area contributed by atoms with E-state index in [0.29, 0.717) is 5.69 Å². The molecule has 0 fully saturated rings. The SMILES string of the molecule is CNc1cc2nc3ccccc3sc-2cc1=O. The van der Waals surface area contributed by atoms with Crippen LogP contribution in [0.15, 0.2) is 41.2 Å². The fourth-order valence-corrected chi connectivity index (χ4v) is 2.78. The Bertz CT molecular complexity index is 720. The molecule has 1 aliphatic carbocycles. The van der Waals surface area contributed by atoms with Crippen LogP contribution in [0.2, 0.25) is 0 Å². The molecule has 0 amide bonds. The summed E-state index contributed by atoms with van der Waals surface area (Å²) in [6.07, 6.45) is 0. The topological polar surface area (TPSA) is 42.0 Å². The first-order chi connectivity index (χ1) is 8.28. The molecule has 1 aromatic rings. The molecule has 1 aliphatic heterocycles. The smallest absolute Gasteiger partial charge is 0.203 e. The van der Waals surface area contributed by atoms with E-state index in [1.54, 1.807) is 30.5 Å². The first-order valence-electron chi connectivity index (χ1n) is 5.29. The number of para-hydroxylation sites is 1. The molecular weight excluding hydrogens is 232 g/mol. The highest BCUT2D eigenvalue weighted by Gasteiger charge is 2.10. The van der Waals surface area contributed by atoms with Gasteiger partial charge in [-0.15, -0.1) is 11.3 Å². The lowest BCUT2D eigenvalue weighted by molar-refractivity contribution is 1.38. The van der Waals surface area contributed by atoms with E-state index in [9.17, 15) is 4.79 Å². The Balaban J connectivity index is 2.41. The van der Waals surface area contributed by atoms with Crippen molar-refractivity contribution in [3.05, 3.63) is 46.6 Å². The number of anilines is 1. The van der Waals surface area contributed by atoms with Crippen molar-refractivity contribution in [1.82, 2.24) is 4.98 Å². The van der Waals surface area contributed by atoms with Gasteiger partial charge in [0.15, 0.2) is 0 Å². The normalized spacial score (nSPS) is 10.9. The van der Waals surface area contributed by atoms with Crippen LogP contribution in [-0.4, -0.2) is 12.0 Å². The summed E-state index contributed by atoms with van der Waals surface area (Å²) in [5.41, 5.74) is 2.42. The molecule has 17 heavy (non-hydrogen) atoms. The zero-order valence-corrected chi connectivity index (χ0v) is 10.0. The van der Waals surface area contributed by atoms with Gasteiger partial charge >= 0.3 is 0 Å². The van der Waals surface area contributed by atoms with Crippen molar-refractivity contribution >= 4 is 27.2 Å². The molecule has 0 unspecified atom stereocenters. The summed E-state index contributed by atoms with van der Waals surface area (Å²) in [6.45, 7) is 0. The fourth-order valence-electron chi connectivity index (χ4n) is 1.80. The molecule has 0 radical (unpaired) electrons. The Kier molecular flexibility index (Phi) is 2.30. The quantitative estimate of drug-likeness (QED) is 0.667. The van der Waals surface area contributed by atoms with Crippen molar-refractivity contribution in [1.29, 1.82) is 0 Å². The minimum Gasteiger partial charge on any atom is -0.385 e. The molecule has 3 nitrogen and oxygen atoms in total. The van der Waals surface area contributed by atoms with E-state index in [1.165, 1.54) is 0 Å². The molecule has 0 saturated heterocycles. The predicted octanol–water partition coefficient (Wildman–Crippen LogP) is 2.80. The van der Waals surface area contributed by atoms with E-state index >= 15 is 0 Å². The van der Waals surface area contributed by atoms with E-state index in [-0.39, 0.29) is 5.43 Å². The number of fused-ring (bicyclic) bond motifs is 2. The Morgan fingerprint density at radius 3 is 2.88 bits per heavy atom. The Labute approximate surface area is 102 Å². The average Bonchev–Trinajstić information content (AvgIpc) is 2.35. The molecule has 0 bridgehead atoms. The Morgan fingerprint density at radius 2 is 2.06 bits per heavy atom. The summed E-state index contributed by atoms with van der Waals surface area (Å²) in [7, 11) is 1.74. The van der Waals surface area contributed by atoms with Gasteiger partial charge in [-0.25, -0.2) is 4.98 Å². The second-order valence-electron chi connectivity index (χ2n) is 3.75. The molecule has 1 N–H and O–H groups in total. The summed E-state index contributed by atoms with van der Waals surface area (Å²) in [5.74, 6) is 0. The monoisotopic (exact) mass is 242 g/mol. The fraction of sp³-hybridized carbons (Fsp3) is 0.0769. The lowest BCUT2D eigenvalue weighted by atomic mass is 10.2. The summed E-state index contributed by atoms with van der Waals surface area (Å²) in [5, 5.41) is 2.89. The molecule has 0 saturated carbocycles. The number of rotatable bonds is 1. The highest BCUT2D eigenvalue weighted by molar-refractivity contribution is 7.21. The third-order valence-electron chi connectivity index (χ3n) is 2.66. The molecule has 1 heterocycles. The van der Waals surface area contributed by atoms with Crippen molar-refractivity contribution in [2.24, 2.45) is 0 Å². The maximum Gasteiger partial charge on any atom is 0.203 e. The highest BCUT2D eigenvalue weighted by Crippen LogP contribution is 2.30. The van der Waals surface area contributed by atoms with Gasteiger partial charge in [0.1, 0.15) is 0 Å². The molecule has 0 atom stereocenters. The first kappa shape index (κ1) is 10.2. The lowest BCUT2D eigenvalue weighted by Gasteiger charge is -2.07. The standard InChI is InChI=1S/C13H10N2OS/c1-14-9-6-10-13(7-11(9)16)17-12-5-3-2-4-8(12)15-10/h2-7,14H,1H3. The van der Waals surface area contributed by atoms with Gasteiger partial charge in [-0.05, 0) is 18.2 Å². The van der Waals surface area contributed by atoms with E-state index in [4.69, 9.17) is 0 Å². The van der Waals surface area contributed by atoms with Gasteiger partial charge in [-0.3, -0.25) is 4.79 Å². The zero-order chi connectivity index (χ0) is 11.8. The maximum absolute atomic E-state index is 11.7. The largest absolute Gasteiger partial charge is 0.385 e. The molecule has 4 heteroatoms. The third-order valence-corrected chi connectivity index (χ3v) is 3.77. The second kappa shape index (κ2) is 3.82. The number of benzene rings is 2. The van der Waals surface area contributed by atoms with E-state index in [0.717, 1.165) is 20.8 Å². The molecule has 84 valence electrons. The molecule has 0 spiro atoms. The van der Waals surface area contributed by atoms with E-state index in [1.807, 2.05) is 24.3 Å². The van der Waals surface area contributed by atoms with Crippen molar-refractivity contribution in [3.8, 4) is 10.6 Å². The minimum atomic E-state index is 0.00771. The summed E-state index contributed by atoms with van der Waals surface area (Å²) >= 11 is 1.59. The van der Waals surface area contributed by atoms with E-state index < -0.39 is 0 Å². The number of nitrogens with zero attached hydrogens (tertiary/aromatic N) is 1. The predicted molar refractivity (Wildman–Crippen MR) is 72.1 cm³/mol. The van der Waals surface area contributed by atoms with Crippen LogP contribution in [0.5, 0.6) is 0 Å². The van der Waals surface area contributed by atoms with Gasteiger partial charge in [-0.1, -0.05) is 12.1 Å². The van der Waals surface area contributed by atoms with Crippen molar-refractivity contribution in [2.45, 2.75) is 0 Å². The van der Waals surface area contributed by atoms with Gasteiger partial charge in [0.2, 0.25) is 5.43 Å². The summed E-state index contributed by atoms with van der Waals surface area (Å²) in [4.78, 5) is 17.2. The Morgan fingerprint density at radius 1 is 1.24 bits per heavy atom. The van der Waals surface area contributed by atoms with Crippen LogP contribution in [0.1, 0.15) is 0 Å². The van der Waals surface area contributed by atoms with Crippen molar-refractivity contribution in [3.63, 3.8) is 0 Å². The third kappa shape index (κ3) is 1.66. The average molecular weight is 242 g/mol. The lowest BCUT2D eigenvalue weighted by Crippen LogP contribution is -2.07. The van der Waals surface area contributed by atoms with Crippen molar-refractivity contribution in [2.75, 3.05) is 12.4 Å². The van der Waals surface area contributed by atoms with Crippen LogP contribution in [0, 0.1) is 0 Å². The van der Waals surface area contributed by atoms with Crippen LogP contribution >= 0.6 is 11.3 Å². The number of hydrogen-bond donors (Lipinski definition) is 1. The summed E-state index contributed by atoms with van der Waals surface area (Å²) in [6, 6.07) is 11.4. The van der Waals surface area contributed by atoms with Crippen LogP contribution < -0.4 is 10.7 Å². The molecule has 3 rings (SSSR count). The van der Waals surface area contributed by atoms with Crippen LogP contribution in [0.4, 0.5) is 5.69 Å². The Hall–Kier alpha value is -1.94. The minimum absolute atomic E-state index is 0.00771. The van der Waals surface area contributed by atoms with Gasteiger partial charge in [0.25, 0.3) is 0 Å². The number of nitrogens with one attached hydrogen (secondary N) is 1.